The lowest BCUT2D eigenvalue weighted by Gasteiger charge is -2.05. The molecule has 3 heterocycles. The molecule has 0 atom stereocenters. The van der Waals surface area contributed by atoms with Crippen LogP contribution in [-0.4, -0.2) is 24.9 Å². The summed E-state index contributed by atoms with van der Waals surface area (Å²) in [5.41, 5.74) is 3.62. The van der Waals surface area contributed by atoms with Gasteiger partial charge in [-0.05, 0) is 42.0 Å². The number of benzene rings is 1. The molecule has 3 aromatic heterocycles. The first-order chi connectivity index (χ1) is 12.8. The lowest BCUT2D eigenvalue weighted by Crippen LogP contribution is -1.98. The van der Waals surface area contributed by atoms with Crippen molar-refractivity contribution in [2.75, 3.05) is 0 Å². The van der Waals surface area contributed by atoms with Crippen molar-refractivity contribution in [3.63, 3.8) is 0 Å². The van der Waals surface area contributed by atoms with E-state index in [2.05, 4.69) is 21.1 Å². The molecule has 0 radical (unpaired) electrons. The van der Waals surface area contributed by atoms with Crippen LogP contribution in [0.1, 0.15) is 5.56 Å². The number of pyridine rings is 2. The van der Waals surface area contributed by atoms with Crippen molar-refractivity contribution < 1.29 is 5.11 Å². The Kier molecular flexibility index (Phi) is 3.88. The van der Waals surface area contributed by atoms with Gasteiger partial charge in [0.05, 0.1) is 29.1 Å². The van der Waals surface area contributed by atoms with Crippen molar-refractivity contribution in [1.82, 2.24) is 19.7 Å². The molecule has 0 bridgehead atoms. The second kappa shape index (κ2) is 6.49. The minimum absolute atomic E-state index is 0.00667. The van der Waals surface area contributed by atoms with Crippen LogP contribution in [0.15, 0.2) is 73.2 Å². The predicted octanol–water partition coefficient (Wildman–Crippen LogP) is 3.57. The number of rotatable bonds is 3. The Balaban J connectivity index is 1.66. The number of hydrogen-bond acceptors (Lipinski definition) is 5. The van der Waals surface area contributed by atoms with Crippen LogP contribution in [0, 0.1) is 11.3 Å². The summed E-state index contributed by atoms with van der Waals surface area (Å²) in [6.45, 7) is 0. The number of aromatic nitrogens is 4. The molecule has 1 N–H and O–H groups in total. The van der Waals surface area contributed by atoms with Crippen LogP contribution in [0.3, 0.4) is 0 Å². The summed E-state index contributed by atoms with van der Waals surface area (Å²) >= 11 is 0. The average molecular weight is 339 g/mol. The number of nitrogens with zero attached hydrogens (tertiary/aromatic N) is 5. The third-order valence-electron chi connectivity index (χ3n) is 3.99. The molecule has 6 heteroatoms. The standard InChI is InChI=1S/C20H13N5O/c21-11-14-4-6-15(7-5-14)17-13-24-25(20(17)26)19-9-8-16(12-23-19)18-3-1-2-10-22-18/h1-10,12-13,26H. The lowest BCUT2D eigenvalue weighted by atomic mass is 10.1. The quantitative estimate of drug-likeness (QED) is 0.616. The van der Waals surface area contributed by atoms with Crippen molar-refractivity contribution in [2.45, 2.75) is 0 Å². The Bertz CT molecular complexity index is 1080. The van der Waals surface area contributed by atoms with Crippen molar-refractivity contribution in [3.8, 4) is 40.2 Å². The van der Waals surface area contributed by atoms with Crippen LogP contribution in [0.4, 0.5) is 0 Å². The monoisotopic (exact) mass is 339 g/mol. The van der Waals surface area contributed by atoms with E-state index in [1.807, 2.05) is 24.3 Å². The fourth-order valence-electron chi connectivity index (χ4n) is 2.63. The maximum atomic E-state index is 10.5. The van der Waals surface area contributed by atoms with Crippen LogP contribution in [0.5, 0.6) is 5.88 Å². The van der Waals surface area contributed by atoms with Crippen molar-refractivity contribution >= 4 is 0 Å². The van der Waals surface area contributed by atoms with E-state index in [-0.39, 0.29) is 5.88 Å². The van der Waals surface area contributed by atoms with Crippen LogP contribution in [0.2, 0.25) is 0 Å². The van der Waals surface area contributed by atoms with E-state index in [1.54, 1.807) is 48.9 Å². The molecule has 1 aromatic carbocycles. The summed E-state index contributed by atoms with van der Waals surface area (Å²) < 4.78 is 1.37. The zero-order chi connectivity index (χ0) is 17.9. The first-order valence-corrected chi connectivity index (χ1v) is 7.91. The summed E-state index contributed by atoms with van der Waals surface area (Å²) in [6, 6.07) is 18.4. The van der Waals surface area contributed by atoms with E-state index in [0.717, 1.165) is 16.8 Å². The van der Waals surface area contributed by atoms with Gasteiger partial charge in [0, 0.05) is 18.0 Å². The van der Waals surface area contributed by atoms with Gasteiger partial charge in [-0.15, -0.1) is 0 Å². The van der Waals surface area contributed by atoms with Gasteiger partial charge in [-0.2, -0.15) is 15.0 Å². The molecule has 0 aliphatic rings. The molecule has 0 spiro atoms. The van der Waals surface area contributed by atoms with E-state index < -0.39 is 0 Å². The van der Waals surface area contributed by atoms with Gasteiger partial charge in [-0.3, -0.25) is 4.98 Å². The van der Waals surface area contributed by atoms with E-state index >= 15 is 0 Å². The molecule has 0 aliphatic heterocycles. The second-order valence-corrected chi connectivity index (χ2v) is 5.60. The largest absolute Gasteiger partial charge is 0.493 e. The molecule has 4 aromatic rings. The smallest absolute Gasteiger partial charge is 0.223 e. The zero-order valence-corrected chi connectivity index (χ0v) is 13.6. The summed E-state index contributed by atoms with van der Waals surface area (Å²) in [4.78, 5) is 8.67. The first-order valence-electron chi connectivity index (χ1n) is 7.91. The summed E-state index contributed by atoms with van der Waals surface area (Å²) in [5, 5.41) is 23.6. The molecule has 26 heavy (non-hydrogen) atoms. The van der Waals surface area contributed by atoms with Gasteiger partial charge in [0.1, 0.15) is 0 Å². The van der Waals surface area contributed by atoms with Gasteiger partial charge in [0.2, 0.25) is 5.88 Å². The molecule has 124 valence electrons. The van der Waals surface area contributed by atoms with Gasteiger partial charge in [0.25, 0.3) is 0 Å². The van der Waals surface area contributed by atoms with Gasteiger partial charge in [-0.25, -0.2) is 4.98 Å². The molecule has 4 rings (SSSR count). The van der Waals surface area contributed by atoms with Gasteiger partial charge >= 0.3 is 0 Å². The van der Waals surface area contributed by atoms with E-state index in [0.29, 0.717) is 16.9 Å². The molecule has 0 fully saturated rings. The topological polar surface area (TPSA) is 87.6 Å². The third-order valence-corrected chi connectivity index (χ3v) is 3.99. The van der Waals surface area contributed by atoms with Crippen LogP contribution in [-0.2, 0) is 0 Å². The van der Waals surface area contributed by atoms with Crippen LogP contribution >= 0.6 is 0 Å². The highest BCUT2D eigenvalue weighted by Gasteiger charge is 2.14. The predicted molar refractivity (Wildman–Crippen MR) is 96.4 cm³/mol. The van der Waals surface area contributed by atoms with E-state index in [4.69, 9.17) is 5.26 Å². The molecule has 6 nitrogen and oxygen atoms in total. The minimum atomic E-state index is -0.00667. The Labute approximate surface area is 149 Å². The van der Waals surface area contributed by atoms with E-state index in [1.165, 1.54) is 4.68 Å². The molecular weight excluding hydrogens is 326 g/mol. The first kappa shape index (κ1) is 15.5. The van der Waals surface area contributed by atoms with Crippen LogP contribution < -0.4 is 0 Å². The normalized spacial score (nSPS) is 10.4. The Hall–Kier alpha value is -3.98. The number of nitriles is 1. The number of aromatic hydroxyl groups is 1. The van der Waals surface area contributed by atoms with Crippen molar-refractivity contribution in [3.05, 3.63) is 78.8 Å². The third kappa shape index (κ3) is 2.78. The summed E-state index contributed by atoms with van der Waals surface area (Å²) in [6.07, 6.45) is 5.00. The maximum Gasteiger partial charge on any atom is 0.223 e. The molecule has 0 amide bonds. The second-order valence-electron chi connectivity index (χ2n) is 5.60. The summed E-state index contributed by atoms with van der Waals surface area (Å²) in [5.74, 6) is 0.495. The SMILES string of the molecule is N#Cc1ccc(-c2cnn(-c3ccc(-c4ccccn4)cn3)c2O)cc1. The number of hydrogen-bond donors (Lipinski definition) is 1. The van der Waals surface area contributed by atoms with Gasteiger partial charge < -0.3 is 5.11 Å². The fraction of sp³-hybridized carbons (Fsp3) is 0. The summed E-state index contributed by atoms with van der Waals surface area (Å²) in [7, 11) is 0. The minimum Gasteiger partial charge on any atom is -0.493 e. The Morgan fingerprint density at radius 3 is 2.35 bits per heavy atom. The highest BCUT2D eigenvalue weighted by Crippen LogP contribution is 2.30. The van der Waals surface area contributed by atoms with Gasteiger partial charge in [0.15, 0.2) is 5.82 Å². The average Bonchev–Trinajstić information content (AvgIpc) is 3.10. The van der Waals surface area contributed by atoms with Crippen molar-refractivity contribution in [2.24, 2.45) is 0 Å². The lowest BCUT2D eigenvalue weighted by molar-refractivity contribution is 0.433. The molecule has 0 saturated heterocycles. The highest BCUT2D eigenvalue weighted by atomic mass is 16.3. The molecule has 0 unspecified atom stereocenters. The van der Waals surface area contributed by atoms with E-state index in [9.17, 15) is 5.11 Å². The molecule has 0 saturated carbocycles. The fourth-order valence-corrected chi connectivity index (χ4v) is 2.63. The Morgan fingerprint density at radius 2 is 1.69 bits per heavy atom. The molecule has 0 aliphatic carbocycles. The maximum absolute atomic E-state index is 10.5. The molecular formula is C20H13N5O. The zero-order valence-electron chi connectivity index (χ0n) is 13.6. The highest BCUT2D eigenvalue weighted by molar-refractivity contribution is 5.69. The Morgan fingerprint density at radius 1 is 0.885 bits per heavy atom. The van der Waals surface area contributed by atoms with Crippen LogP contribution in [0.25, 0.3) is 28.2 Å². The van der Waals surface area contributed by atoms with Gasteiger partial charge in [-0.1, -0.05) is 18.2 Å². The van der Waals surface area contributed by atoms with Crippen molar-refractivity contribution in [1.29, 1.82) is 5.26 Å².